The monoisotopic (exact) mass is 407 g/mol. The molecular formula is C19H19ClFN3O4. The van der Waals surface area contributed by atoms with Gasteiger partial charge in [0.1, 0.15) is 11.9 Å². The van der Waals surface area contributed by atoms with Gasteiger partial charge in [0, 0.05) is 11.4 Å². The zero-order valence-electron chi connectivity index (χ0n) is 14.9. The van der Waals surface area contributed by atoms with Crippen LogP contribution < -0.4 is 16.4 Å². The Morgan fingerprint density at radius 3 is 2.46 bits per heavy atom. The van der Waals surface area contributed by atoms with E-state index >= 15 is 0 Å². The second kappa shape index (κ2) is 9.70. The van der Waals surface area contributed by atoms with Crippen LogP contribution in [0.3, 0.4) is 0 Å². The van der Waals surface area contributed by atoms with Crippen molar-refractivity contribution in [3.05, 3.63) is 64.9 Å². The van der Waals surface area contributed by atoms with E-state index in [2.05, 4.69) is 10.6 Å². The number of primary amides is 1. The highest BCUT2D eigenvalue weighted by Crippen LogP contribution is 2.19. The molecule has 0 heterocycles. The van der Waals surface area contributed by atoms with Gasteiger partial charge in [-0.15, -0.1) is 0 Å². The maximum atomic E-state index is 13.8. The molecule has 2 rings (SSSR count). The van der Waals surface area contributed by atoms with E-state index in [1.54, 1.807) is 30.3 Å². The van der Waals surface area contributed by atoms with Crippen molar-refractivity contribution < 1.29 is 23.5 Å². The van der Waals surface area contributed by atoms with Crippen molar-refractivity contribution in [2.75, 3.05) is 5.32 Å². The number of ether oxygens (including phenoxy) is 1. The summed E-state index contributed by atoms with van der Waals surface area (Å²) in [7, 11) is 0. The summed E-state index contributed by atoms with van der Waals surface area (Å²) in [6.45, 7) is 1.32. The molecule has 0 aliphatic heterocycles. The Labute approximate surface area is 166 Å². The molecule has 0 aromatic heterocycles. The number of nitrogens with two attached hydrogens (primary N) is 1. The zero-order chi connectivity index (χ0) is 20.7. The van der Waals surface area contributed by atoms with Crippen LogP contribution in [0.4, 0.5) is 14.9 Å². The highest BCUT2D eigenvalue weighted by molar-refractivity contribution is 6.30. The Hall–Kier alpha value is -3.13. The molecule has 0 radical (unpaired) electrons. The minimum Gasteiger partial charge on any atom is -0.451 e. The molecule has 148 valence electrons. The number of anilines is 1. The molecule has 0 fully saturated rings. The average Bonchev–Trinajstić information content (AvgIpc) is 2.63. The number of hydrogen-bond acceptors (Lipinski definition) is 4. The summed E-state index contributed by atoms with van der Waals surface area (Å²) in [5, 5.41) is 4.78. The van der Waals surface area contributed by atoms with Gasteiger partial charge in [0.05, 0.1) is 5.69 Å². The van der Waals surface area contributed by atoms with Gasteiger partial charge in [-0.25, -0.2) is 14.0 Å². The van der Waals surface area contributed by atoms with E-state index in [-0.39, 0.29) is 17.1 Å². The van der Waals surface area contributed by atoms with E-state index in [1.807, 2.05) is 0 Å². The minimum absolute atomic E-state index is 0.103. The number of benzene rings is 2. The first-order valence-corrected chi connectivity index (χ1v) is 8.70. The predicted octanol–water partition coefficient (Wildman–Crippen LogP) is 2.63. The van der Waals surface area contributed by atoms with Crippen molar-refractivity contribution >= 4 is 35.2 Å². The van der Waals surface area contributed by atoms with Gasteiger partial charge in [-0.3, -0.25) is 4.79 Å². The van der Waals surface area contributed by atoms with Crippen LogP contribution in [-0.2, 0) is 20.7 Å². The molecule has 2 aromatic rings. The second-order valence-corrected chi connectivity index (χ2v) is 6.38. The predicted molar refractivity (Wildman–Crippen MR) is 102 cm³/mol. The lowest BCUT2D eigenvalue weighted by Gasteiger charge is -2.20. The number of carbonyl (C=O) groups excluding carboxylic acids is 3. The number of hydrogen-bond donors (Lipinski definition) is 3. The largest absolute Gasteiger partial charge is 0.451 e. The molecule has 0 bridgehead atoms. The molecule has 0 spiro atoms. The SMILES string of the molecule is C[C@@H](OC(=O)[C@H](Cc1ccccc1)NC(N)=O)C(=O)Nc1ccc(Cl)cc1F. The van der Waals surface area contributed by atoms with Crippen molar-refractivity contribution in [2.45, 2.75) is 25.5 Å². The molecule has 0 aliphatic carbocycles. The smallest absolute Gasteiger partial charge is 0.329 e. The second-order valence-electron chi connectivity index (χ2n) is 5.94. The van der Waals surface area contributed by atoms with E-state index < -0.39 is 35.9 Å². The molecule has 28 heavy (non-hydrogen) atoms. The maximum absolute atomic E-state index is 13.8. The molecule has 9 heteroatoms. The van der Waals surface area contributed by atoms with Crippen LogP contribution in [0.5, 0.6) is 0 Å². The van der Waals surface area contributed by atoms with Crippen LogP contribution in [-0.4, -0.2) is 30.1 Å². The van der Waals surface area contributed by atoms with Crippen molar-refractivity contribution in [1.29, 1.82) is 0 Å². The Bertz CT molecular complexity index is 864. The summed E-state index contributed by atoms with van der Waals surface area (Å²) in [6.07, 6.45) is -1.11. The highest BCUT2D eigenvalue weighted by atomic mass is 35.5. The number of amides is 3. The van der Waals surface area contributed by atoms with Crippen LogP contribution in [0.2, 0.25) is 5.02 Å². The van der Waals surface area contributed by atoms with Gasteiger partial charge in [0.25, 0.3) is 5.91 Å². The molecule has 0 saturated carbocycles. The maximum Gasteiger partial charge on any atom is 0.329 e. The fourth-order valence-electron chi connectivity index (χ4n) is 2.35. The fraction of sp³-hybridized carbons (Fsp3) is 0.211. The van der Waals surface area contributed by atoms with Gasteiger partial charge in [-0.1, -0.05) is 41.9 Å². The Balaban J connectivity index is 2.02. The number of esters is 1. The van der Waals surface area contributed by atoms with Gasteiger partial charge in [-0.2, -0.15) is 0 Å². The van der Waals surface area contributed by atoms with Crippen LogP contribution >= 0.6 is 11.6 Å². The summed E-state index contributed by atoms with van der Waals surface area (Å²) in [5.74, 6) is -2.31. The summed E-state index contributed by atoms with van der Waals surface area (Å²) >= 11 is 5.66. The number of rotatable bonds is 7. The molecule has 2 aromatic carbocycles. The zero-order valence-corrected chi connectivity index (χ0v) is 15.7. The van der Waals surface area contributed by atoms with Crippen LogP contribution in [0.1, 0.15) is 12.5 Å². The van der Waals surface area contributed by atoms with Crippen molar-refractivity contribution in [3.63, 3.8) is 0 Å². The Morgan fingerprint density at radius 1 is 1.18 bits per heavy atom. The van der Waals surface area contributed by atoms with Crippen molar-refractivity contribution in [3.8, 4) is 0 Å². The van der Waals surface area contributed by atoms with Crippen LogP contribution in [0.25, 0.3) is 0 Å². The van der Waals surface area contributed by atoms with Crippen LogP contribution in [0, 0.1) is 5.82 Å². The molecule has 0 saturated heterocycles. The standard InChI is InChI=1S/C19H19ClFN3O4/c1-11(17(25)23-15-8-7-13(20)10-14(15)21)28-18(26)16(24-19(22)27)9-12-5-3-2-4-6-12/h2-8,10-11,16H,9H2,1H3,(H,23,25)(H3,22,24,27)/t11-,16+/m1/s1. The van der Waals surface area contributed by atoms with Gasteiger partial charge >= 0.3 is 12.0 Å². The van der Waals surface area contributed by atoms with Gasteiger partial charge < -0.3 is 21.1 Å². The lowest BCUT2D eigenvalue weighted by molar-refractivity contribution is -0.155. The minimum atomic E-state index is -1.24. The molecule has 3 amide bonds. The van der Waals surface area contributed by atoms with E-state index in [4.69, 9.17) is 22.1 Å². The quantitative estimate of drug-likeness (QED) is 0.612. The molecular weight excluding hydrogens is 389 g/mol. The number of urea groups is 1. The topological polar surface area (TPSA) is 111 Å². The Kier molecular flexibility index (Phi) is 7.34. The van der Waals surface area contributed by atoms with Crippen LogP contribution in [0.15, 0.2) is 48.5 Å². The first kappa shape index (κ1) is 21.2. The molecule has 4 N–H and O–H groups in total. The highest BCUT2D eigenvalue weighted by Gasteiger charge is 2.26. The third-order valence-corrected chi connectivity index (χ3v) is 3.97. The molecule has 2 atom stereocenters. The van der Waals surface area contributed by atoms with E-state index in [9.17, 15) is 18.8 Å². The van der Waals surface area contributed by atoms with Gasteiger partial charge in [-0.05, 0) is 30.7 Å². The van der Waals surface area contributed by atoms with E-state index in [0.717, 1.165) is 11.6 Å². The summed E-state index contributed by atoms with van der Waals surface area (Å²) < 4.78 is 18.9. The lowest BCUT2D eigenvalue weighted by atomic mass is 10.1. The average molecular weight is 408 g/mol. The normalized spacial score (nSPS) is 12.5. The molecule has 0 aliphatic rings. The molecule has 7 nitrogen and oxygen atoms in total. The third-order valence-electron chi connectivity index (χ3n) is 3.73. The van der Waals surface area contributed by atoms with E-state index in [0.29, 0.717) is 0 Å². The summed E-state index contributed by atoms with van der Waals surface area (Å²) in [4.78, 5) is 35.8. The third kappa shape index (κ3) is 6.24. The fourth-order valence-corrected chi connectivity index (χ4v) is 2.51. The summed E-state index contributed by atoms with van der Waals surface area (Å²) in [5.41, 5.74) is 5.78. The van der Waals surface area contributed by atoms with Crippen molar-refractivity contribution in [1.82, 2.24) is 5.32 Å². The molecule has 0 unspecified atom stereocenters. The lowest BCUT2D eigenvalue weighted by Crippen LogP contribution is -2.47. The van der Waals surface area contributed by atoms with E-state index in [1.165, 1.54) is 19.1 Å². The van der Waals surface area contributed by atoms with Crippen molar-refractivity contribution in [2.24, 2.45) is 5.73 Å². The number of halogens is 2. The summed E-state index contributed by atoms with van der Waals surface area (Å²) in [6, 6.07) is 10.6. The first-order valence-electron chi connectivity index (χ1n) is 8.32. The Morgan fingerprint density at radius 2 is 1.86 bits per heavy atom. The van der Waals surface area contributed by atoms with Gasteiger partial charge in [0.15, 0.2) is 6.10 Å². The number of nitrogens with one attached hydrogen (secondary N) is 2. The number of carbonyl (C=O) groups is 3. The van der Waals surface area contributed by atoms with Gasteiger partial charge in [0.2, 0.25) is 0 Å². The first-order chi connectivity index (χ1) is 13.3.